The third-order valence-electron chi connectivity index (χ3n) is 2.56. The van der Waals surface area contributed by atoms with Crippen LogP contribution in [-0.4, -0.2) is 19.5 Å². The normalized spacial score (nSPS) is 10.7. The van der Waals surface area contributed by atoms with Gasteiger partial charge in [0, 0.05) is 12.4 Å². The first kappa shape index (κ1) is 10.4. The SMILES string of the molecule is O=c1[nH]c2cccnc2c(=O)n1-c1cccnc1. The van der Waals surface area contributed by atoms with E-state index in [1.54, 1.807) is 30.5 Å². The van der Waals surface area contributed by atoms with Crippen molar-refractivity contribution >= 4 is 11.0 Å². The van der Waals surface area contributed by atoms with E-state index in [4.69, 9.17) is 0 Å². The zero-order valence-electron chi connectivity index (χ0n) is 9.20. The first-order chi connectivity index (χ1) is 8.77. The molecule has 0 aliphatic heterocycles. The van der Waals surface area contributed by atoms with Crippen LogP contribution in [0, 0.1) is 0 Å². The zero-order chi connectivity index (χ0) is 12.5. The van der Waals surface area contributed by atoms with Crippen molar-refractivity contribution in [1.29, 1.82) is 0 Å². The average Bonchev–Trinajstić information content (AvgIpc) is 2.40. The molecule has 0 fully saturated rings. The van der Waals surface area contributed by atoms with Crippen molar-refractivity contribution in [3.05, 3.63) is 63.7 Å². The van der Waals surface area contributed by atoms with Crippen LogP contribution in [0.2, 0.25) is 0 Å². The lowest BCUT2D eigenvalue weighted by Crippen LogP contribution is -2.34. The minimum Gasteiger partial charge on any atom is -0.305 e. The van der Waals surface area contributed by atoms with Gasteiger partial charge in [0.2, 0.25) is 0 Å². The number of aromatic amines is 1. The van der Waals surface area contributed by atoms with Crippen LogP contribution in [-0.2, 0) is 0 Å². The smallest absolute Gasteiger partial charge is 0.305 e. The summed E-state index contributed by atoms with van der Waals surface area (Å²) in [5, 5.41) is 0. The molecule has 3 aromatic rings. The quantitative estimate of drug-likeness (QED) is 0.670. The van der Waals surface area contributed by atoms with Crippen molar-refractivity contribution in [3.63, 3.8) is 0 Å². The Kier molecular flexibility index (Phi) is 2.26. The monoisotopic (exact) mass is 240 g/mol. The Labute approximate surface area is 101 Å². The average molecular weight is 240 g/mol. The summed E-state index contributed by atoms with van der Waals surface area (Å²) in [6.45, 7) is 0. The molecule has 0 amide bonds. The molecule has 0 spiro atoms. The highest BCUT2D eigenvalue weighted by Gasteiger charge is 2.09. The van der Waals surface area contributed by atoms with Gasteiger partial charge in [-0.3, -0.25) is 9.78 Å². The number of H-pyrrole nitrogens is 1. The van der Waals surface area contributed by atoms with Crippen molar-refractivity contribution in [2.45, 2.75) is 0 Å². The van der Waals surface area contributed by atoms with Crippen molar-refractivity contribution < 1.29 is 0 Å². The van der Waals surface area contributed by atoms with E-state index >= 15 is 0 Å². The van der Waals surface area contributed by atoms with E-state index in [0.29, 0.717) is 11.2 Å². The summed E-state index contributed by atoms with van der Waals surface area (Å²) in [5.74, 6) is 0. The predicted molar refractivity (Wildman–Crippen MR) is 65.8 cm³/mol. The molecule has 88 valence electrons. The summed E-state index contributed by atoms with van der Waals surface area (Å²) in [5.41, 5.74) is 0.0979. The maximum absolute atomic E-state index is 12.2. The summed E-state index contributed by atoms with van der Waals surface area (Å²) in [4.78, 5) is 34.6. The summed E-state index contributed by atoms with van der Waals surface area (Å²) < 4.78 is 1.02. The molecule has 3 aromatic heterocycles. The largest absolute Gasteiger partial charge is 0.333 e. The van der Waals surface area contributed by atoms with Gasteiger partial charge in [0.1, 0.15) is 0 Å². The second-order valence-corrected chi connectivity index (χ2v) is 3.68. The van der Waals surface area contributed by atoms with Crippen molar-refractivity contribution in [1.82, 2.24) is 19.5 Å². The first-order valence-corrected chi connectivity index (χ1v) is 5.28. The van der Waals surface area contributed by atoms with Crippen LogP contribution in [0.1, 0.15) is 0 Å². The summed E-state index contributed by atoms with van der Waals surface area (Å²) in [6, 6.07) is 6.59. The van der Waals surface area contributed by atoms with E-state index in [2.05, 4.69) is 15.0 Å². The second-order valence-electron chi connectivity index (χ2n) is 3.68. The fraction of sp³-hybridized carbons (Fsp3) is 0. The lowest BCUT2D eigenvalue weighted by molar-refractivity contribution is 0.889. The van der Waals surface area contributed by atoms with Crippen LogP contribution >= 0.6 is 0 Å². The Bertz CT molecular complexity index is 821. The highest BCUT2D eigenvalue weighted by Crippen LogP contribution is 2.02. The Balaban J connectivity index is 2.45. The van der Waals surface area contributed by atoms with Gasteiger partial charge in [0.05, 0.1) is 17.4 Å². The molecule has 0 aliphatic rings. The van der Waals surface area contributed by atoms with Gasteiger partial charge in [-0.15, -0.1) is 0 Å². The minimum atomic E-state index is -0.506. The first-order valence-electron chi connectivity index (χ1n) is 5.28. The molecule has 0 bridgehead atoms. The molecule has 0 radical (unpaired) electrons. The number of fused-ring (bicyclic) bond motifs is 1. The van der Waals surface area contributed by atoms with E-state index in [1.807, 2.05) is 0 Å². The predicted octanol–water partition coefficient (Wildman–Crippen LogP) is 0.469. The standard InChI is InChI=1S/C12H8N4O2/c17-11-10-9(4-2-6-14-10)15-12(18)16(11)8-3-1-5-13-7-8/h1-7H,(H,15,18). The molecule has 0 aromatic carbocycles. The van der Waals surface area contributed by atoms with Gasteiger partial charge in [0.25, 0.3) is 5.56 Å². The van der Waals surface area contributed by atoms with Gasteiger partial charge >= 0.3 is 5.69 Å². The molecular weight excluding hydrogens is 232 g/mol. The number of hydrogen-bond donors (Lipinski definition) is 1. The topological polar surface area (TPSA) is 80.6 Å². The number of aromatic nitrogens is 4. The lowest BCUT2D eigenvalue weighted by atomic mass is 10.3. The van der Waals surface area contributed by atoms with Crippen LogP contribution in [0.4, 0.5) is 0 Å². The van der Waals surface area contributed by atoms with E-state index < -0.39 is 11.2 Å². The molecule has 1 N–H and O–H groups in total. The molecule has 6 nitrogen and oxygen atoms in total. The van der Waals surface area contributed by atoms with E-state index in [9.17, 15) is 9.59 Å². The van der Waals surface area contributed by atoms with Crippen LogP contribution in [0.15, 0.2) is 52.4 Å². The van der Waals surface area contributed by atoms with E-state index in [1.165, 1.54) is 12.4 Å². The number of nitrogens with zero attached hydrogens (tertiary/aromatic N) is 3. The highest BCUT2D eigenvalue weighted by atomic mass is 16.2. The van der Waals surface area contributed by atoms with Crippen LogP contribution in [0.5, 0.6) is 0 Å². The van der Waals surface area contributed by atoms with E-state index in [-0.39, 0.29) is 5.52 Å². The molecular formula is C12H8N4O2. The van der Waals surface area contributed by atoms with Gasteiger partial charge in [-0.05, 0) is 24.3 Å². The minimum absolute atomic E-state index is 0.223. The number of pyridine rings is 2. The summed E-state index contributed by atoms with van der Waals surface area (Å²) in [6.07, 6.45) is 4.53. The molecule has 0 aliphatic carbocycles. The van der Waals surface area contributed by atoms with Crippen molar-refractivity contribution in [2.75, 3.05) is 0 Å². The van der Waals surface area contributed by atoms with Gasteiger partial charge < -0.3 is 4.98 Å². The molecule has 3 heterocycles. The van der Waals surface area contributed by atoms with Crippen LogP contribution < -0.4 is 11.2 Å². The lowest BCUT2D eigenvalue weighted by Gasteiger charge is -2.04. The highest BCUT2D eigenvalue weighted by molar-refractivity contribution is 5.72. The molecule has 6 heteroatoms. The molecule has 18 heavy (non-hydrogen) atoms. The van der Waals surface area contributed by atoms with Crippen LogP contribution in [0.3, 0.4) is 0 Å². The fourth-order valence-corrected chi connectivity index (χ4v) is 1.77. The van der Waals surface area contributed by atoms with Crippen LogP contribution in [0.25, 0.3) is 16.7 Å². The Morgan fingerprint density at radius 1 is 1.11 bits per heavy atom. The number of rotatable bonds is 1. The van der Waals surface area contributed by atoms with Crippen molar-refractivity contribution in [2.24, 2.45) is 0 Å². The Morgan fingerprint density at radius 2 is 1.94 bits per heavy atom. The zero-order valence-corrected chi connectivity index (χ0v) is 9.20. The van der Waals surface area contributed by atoms with E-state index in [0.717, 1.165) is 4.57 Å². The Morgan fingerprint density at radius 3 is 2.72 bits per heavy atom. The van der Waals surface area contributed by atoms with Gasteiger partial charge in [-0.25, -0.2) is 14.3 Å². The number of nitrogens with one attached hydrogen (secondary N) is 1. The second kappa shape index (κ2) is 3.92. The van der Waals surface area contributed by atoms with Gasteiger partial charge in [-0.1, -0.05) is 0 Å². The van der Waals surface area contributed by atoms with Crippen molar-refractivity contribution in [3.8, 4) is 5.69 Å². The number of hydrogen-bond acceptors (Lipinski definition) is 4. The Hall–Kier alpha value is -2.76. The third kappa shape index (κ3) is 1.51. The van der Waals surface area contributed by atoms with Gasteiger partial charge in [0.15, 0.2) is 5.52 Å². The maximum atomic E-state index is 12.2. The maximum Gasteiger partial charge on any atom is 0.333 e. The van der Waals surface area contributed by atoms with Gasteiger partial charge in [-0.2, -0.15) is 0 Å². The molecule has 0 saturated heterocycles. The molecule has 0 atom stereocenters. The summed E-state index contributed by atoms with van der Waals surface area (Å²) >= 11 is 0. The summed E-state index contributed by atoms with van der Waals surface area (Å²) in [7, 11) is 0. The molecule has 3 rings (SSSR count). The third-order valence-corrected chi connectivity index (χ3v) is 2.56. The fourth-order valence-electron chi connectivity index (χ4n) is 1.77. The molecule has 0 saturated carbocycles. The molecule has 0 unspecified atom stereocenters.